The van der Waals surface area contributed by atoms with Gasteiger partial charge in [0.1, 0.15) is 6.04 Å². The molecule has 24 heavy (non-hydrogen) atoms. The molecule has 6 heteroatoms. The van der Waals surface area contributed by atoms with Crippen LogP contribution in [-0.4, -0.2) is 50.5 Å². The SMILES string of the molecule is O=C1C2CCCCN2C(=O)N1C1CCC(O)(c2cccnc2)CC1. The molecule has 1 saturated carbocycles. The zero-order valence-corrected chi connectivity index (χ0v) is 13.7. The third kappa shape index (κ3) is 2.40. The number of rotatable bonds is 2. The van der Waals surface area contributed by atoms with Gasteiger partial charge in [-0.1, -0.05) is 6.07 Å². The summed E-state index contributed by atoms with van der Waals surface area (Å²) in [7, 11) is 0. The summed E-state index contributed by atoms with van der Waals surface area (Å²) in [6, 6.07) is 3.25. The second-order valence-corrected chi connectivity index (χ2v) is 7.20. The van der Waals surface area contributed by atoms with Gasteiger partial charge in [-0.15, -0.1) is 0 Å². The Labute approximate surface area is 141 Å². The molecule has 0 bridgehead atoms. The van der Waals surface area contributed by atoms with Crippen LogP contribution in [-0.2, 0) is 10.4 Å². The van der Waals surface area contributed by atoms with Crippen LogP contribution in [0.5, 0.6) is 0 Å². The van der Waals surface area contributed by atoms with Crippen molar-refractivity contribution >= 4 is 11.9 Å². The first-order chi connectivity index (χ1) is 11.6. The van der Waals surface area contributed by atoms with Gasteiger partial charge in [0.2, 0.25) is 0 Å². The van der Waals surface area contributed by atoms with Gasteiger partial charge in [0, 0.05) is 30.5 Å². The van der Waals surface area contributed by atoms with Crippen LogP contribution in [0.2, 0.25) is 0 Å². The van der Waals surface area contributed by atoms with Crippen LogP contribution in [0.1, 0.15) is 50.5 Å². The zero-order chi connectivity index (χ0) is 16.7. The van der Waals surface area contributed by atoms with Gasteiger partial charge in [-0.3, -0.25) is 14.7 Å². The Morgan fingerprint density at radius 1 is 1.17 bits per heavy atom. The van der Waals surface area contributed by atoms with Crippen molar-refractivity contribution < 1.29 is 14.7 Å². The first-order valence-corrected chi connectivity index (χ1v) is 8.87. The van der Waals surface area contributed by atoms with Gasteiger partial charge < -0.3 is 10.0 Å². The Hall–Kier alpha value is -1.95. The molecule has 3 heterocycles. The molecule has 1 N–H and O–H groups in total. The standard InChI is InChI=1S/C18H23N3O3/c22-16-15-5-1-2-11-20(15)17(23)21(16)14-6-8-18(24,9-7-14)13-4-3-10-19-12-13/h3-4,10,12,14-15,24H,1-2,5-9,11H2. The van der Waals surface area contributed by atoms with Crippen LogP contribution in [0, 0.1) is 0 Å². The zero-order valence-electron chi connectivity index (χ0n) is 13.7. The summed E-state index contributed by atoms with van der Waals surface area (Å²) in [5, 5.41) is 10.9. The fraction of sp³-hybridized carbons (Fsp3) is 0.611. The molecule has 3 aliphatic rings. The highest BCUT2D eigenvalue weighted by molar-refractivity contribution is 6.04. The number of carbonyl (C=O) groups excluding carboxylic acids is 2. The van der Waals surface area contributed by atoms with Gasteiger partial charge in [-0.2, -0.15) is 0 Å². The lowest BCUT2D eigenvalue weighted by atomic mass is 9.78. The van der Waals surface area contributed by atoms with Crippen LogP contribution >= 0.6 is 0 Å². The molecule has 0 spiro atoms. The molecule has 1 unspecified atom stereocenters. The lowest BCUT2D eigenvalue weighted by molar-refractivity contribution is -0.131. The molecule has 1 aromatic rings. The van der Waals surface area contributed by atoms with E-state index in [1.807, 2.05) is 12.1 Å². The van der Waals surface area contributed by atoms with Crippen LogP contribution in [0.15, 0.2) is 24.5 Å². The second kappa shape index (κ2) is 5.84. The van der Waals surface area contributed by atoms with Crippen LogP contribution < -0.4 is 0 Å². The number of urea groups is 1. The number of amides is 3. The molecule has 1 aromatic heterocycles. The molecule has 6 nitrogen and oxygen atoms in total. The Balaban J connectivity index is 1.48. The summed E-state index contributed by atoms with van der Waals surface area (Å²) in [4.78, 5) is 32.6. The van der Waals surface area contributed by atoms with Crippen molar-refractivity contribution in [2.24, 2.45) is 0 Å². The predicted molar refractivity (Wildman–Crippen MR) is 87.0 cm³/mol. The molecule has 1 atom stereocenters. The van der Waals surface area contributed by atoms with Crippen molar-refractivity contribution in [1.29, 1.82) is 0 Å². The molecule has 2 saturated heterocycles. The van der Waals surface area contributed by atoms with E-state index in [1.54, 1.807) is 17.3 Å². The fourth-order valence-corrected chi connectivity index (χ4v) is 4.41. The monoisotopic (exact) mass is 329 g/mol. The smallest absolute Gasteiger partial charge is 0.327 e. The summed E-state index contributed by atoms with van der Waals surface area (Å²) >= 11 is 0. The van der Waals surface area contributed by atoms with Gasteiger partial charge in [-0.05, 0) is 51.0 Å². The maximum Gasteiger partial charge on any atom is 0.327 e. The molecular weight excluding hydrogens is 306 g/mol. The lowest BCUT2D eigenvalue weighted by Gasteiger charge is -2.38. The number of pyridine rings is 1. The molecule has 2 aliphatic heterocycles. The number of imide groups is 1. The highest BCUT2D eigenvalue weighted by Crippen LogP contribution is 2.40. The van der Waals surface area contributed by atoms with Crippen molar-refractivity contribution in [3.05, 3.63) is 30.1 Å². The molecule has 1 aliphatic carbocycles. The van der Waals surface area contributed by atoms with Crippen molar-refractivity contribution in [1.82, 2.24) is 14.8 Å². The minimum absolute atomic E-state index is 0.0310. The van der Waals surface area contributed by atoms with Gasteiger partial charge in [0.05, 0.1) is 5.60 Å². The summed E-state index contributed by atoms with van der Waals surface area (Å²) < 4.78 is 0. The molecule has 0 aromatic carbocycles. The van der Waals surface area contributed by atoms with E-state index in [0.717, 1.165) is 24.8 Å². The maximum absolute atomic E-state index is 12.7. The molecule has 4 rings (SSSR count). The number of aromatic nitrogens is 1. The van der Waals surface area contributed by atoms with E-state index in [2.05, 4.69) is 4.98 Å². The summed E-state index contributed by atoms with van der Waals surface area (Å²) in [6.45, 7) is 0.693. The van der Waals surface area contributed by atoms with Crippen molar-refractivity contribution in [3.8, 4) is 0 Å². The van der Waals surface area contributed by atoms with Crippen molar-refractivity contribution in [2.45, 2.75) is 62.6 Å². The Bertz CT molecular complexity index is 616. The first-order valence-electron chi connectivity index (χ1n) is 8.87. The number of fused-ring (bicyclic) bond motifs is 1. The summed E-state index contributed by atoms with van der Waals surface area (Å²) in [5.41, 5.74) is -0.0798. The van der Waals surface area contributed by atoms with Crippen LogP contribution in [0.3, 0.4) is 0 Å². The number of aliphatic hydroxyl groups is 1. The Morgan fingerprint density at radius 2 is 1.96 bits per heavy atom. The van der Waals surface area contributed by atoms with E-state index >= 15 is 0 Å². The minimum atomic E-state index is -0.899. The van der Waals surface area contributed by atoms with E-state index in [-0.39, 0.29) is 24.0 Å². The number of nitrogens with zero attached hydrogens (tertiary/aromatic N) is 3. The quantitative estimate of drug-likeness (QED) is 0.843. The van der Waals surface area contributed by atoms with Gasteiger partial charge in [0.15, 0.2) is 0 Å². The summed E-state index contributed by atoms with van der Waals surface area (Å²) in [6.07, 6.45) is 8.55. The van der Waals surface area contributed by atoms with E-state index in [0.29, 0.717) is 32.2 Å². The van der Waals surface area contributed by atoms with E-state index in [1.165, 1.54) is 4.90 Å². The number of hydrogen-bond acceptors (Lipinski definition) is 4. The average molecular weight is 329 g/mol. The average Bonchev–Trinajstić information content (AvgIpc) is 2.88. The van der Waals surface area contributed by atoms with Gasteiger partial charge >= 0.3 is 6.03 Å². The van der Waals surface area contributed by atoms with Gasteiger partial charge in [-0.25, -0.2) is 4.79 Å². The fourth-order valence-electron chi connectivity index (χ4n) is 4.41. The first kappa shape index (κ1) is 15.6. The van der Waals surface area contributed by atoms with E-state index < -0.39 is 5.60 Å². The minimum Gasteiger partial charge on any atom is -0.385 e. The predicted octanol–water partition coefficient (Wildman–Crippen LogP) is 2.03. The molecular formula is C18H23N3O3. The van der Waals surface area contributed by atoms with Gasteiger partial charge in [0.25, 0.3) is 5.91 Å². The van der Waals surface area contributed by atoms with Crippen molar-refractivity contribution in [2.75, 3.05) is 6.54 Å². The molecule has 0 radical (unpaired) electrons. The third-order valence-corrected chi connectivity index (χ3v) is 5.82. The third-order valence-electron chi connectivity index (χ3n) is 5.82. The maximum atomic E-state index is 12.7. The number of hydrogen-bond donors (Lipinski definition) is 1. The largest absolute Gasteiger partial charge is 0.385 e. The Morgan fingerprint density at radius 3 is 2.62 bits per heavy atom. The normalized spacial score (nSPS) is 33.7. The van der Waals surface area contributed by atoms with E-state index in [9.17, 15) is 14.7 Å². The van der Waals surface area contributed by atoms with E-state index in [4.69, 9.17) is 0 Å². The summed E-state index contributed by atoms with van der Waals surface area (Å²) in [5.74, 6) is -0.0310. The number of carbonyl (C=O) groups is 2. The van der Waals surface area contributed by atoms with Crippen molar-refractivity contribution in [3.63, 3.8) is 0 Å². The Kier molecular flexibility index (Phi) is 3.79. The van der Waals surface area contributed by atoms with Crippen LogP contribution in [0.25, 0.3) is 0 Å². The number of piperidine rings is 1. The van der Waals surface area contributed by atoms with Crippen LogP contribution in [0.4, 0.5) is 4.79 Å². The highest BCUT2D eigenvalue weighted by Gasteiger charge is 2.50. The molecule has 3 fully saturated rings. The highest BCUT2D eigenvalue weighted by atomic mass is 16.3. The lowest BCUT2D eigenvalue weighted by Crippen LogP contribution is -2.46. The topological polar surface area (TPSA) is 73.7 Å². The molecule has 128 valence electrons. The molecule has 3 amide bonds. The second-order valence-electron chi connectivity index (χ2n) is 7.20.